The number of amides is 1. The van der Waals surface area contributed by atoms with Crippen LogP contribution in [0.4, 0.5) is 0 Å². The lowest BCUT2D eigenvalue weighted by atomic mass is 9.95. The van der Waals surface area contributed by atoms with Crippen LogP contribution in [0, 0.1) is 5.92 Å². The zero-order valence-electron chi connectivity index (χ0n) is 9.38. The van der Waals surface area contributed by atoms with E-state index < -0.39 is 11.5 Å². The molecule has 1 unspecified atom stereocenters. The van der Waals surface area contributed by atoms with Crippen LogP contribution in [0.25, 0.3) is 0 Å². The lowest BCUT2D eigenvalue weighted by Crippen LogP contribution is -2.53. The fourth-order valence-electron chi connectivity index (χ4n) is 1.68. The maximum Gasteiger partial charge on any atom is 0.329 e. The van der Waals surface area contributed by atoms with Gasteiger partial charge in [-0.3, -0.25) is 4.79 Å². The molecule has 0 aromatic carbocycles. The summed E-state index contributed by atoms with van der Waals surface area (Å²) in [6.07, 6.45) is 3.98. The minimum atomic E-state index is -1.05. The van der Waals surface area contributed by atoms with Crippen LogP contribution < -0.4 is 5.32 Å². The molecule has 0 heterocycles. The van der Waals surface area contributed by atoms with E-state index in [1.807, 2.05) is 6.92 Å². The van der Waals surface area contributed by atoms with E-state index >= 15 is 0 Å². The highest BCUT2D eigenvalue weighted by molar-refractivity contribution is 5.87. The van der Waals surface area contributed by atoms with Gasteiger partial charge in [0.2, 0.25) is 5.91 Å². The van der Waals surface area contributed by atoms with Crippen molar-refractivity contribution in [3.05, 3.63) is 0 Å². The first kappa shape index (κ1) is 12.0. The van der Waals surface area contributed by atoms with Gasteiger partial charge in [-0.2, -0.15) is 0 Å². The smallest absolute Gasteiger partial charge is 0.329 e. The minimum absolute atomic E-state index is 0.112. The maximum atomic E-state index is 11.5. The van der Waals surface area contributed by atoms with Gasteiger partial charge in [0, 0.05) is 6.42 Å². The van der Waals surface area contributed by atoms with Gasteiger partial charge >= 0.3 is 5.97 Å². The zero-order valence-corrected chi connectivity index (χ0v) is 9.38. The van der Waals surface area contributed by atoms with Gasteiger partial charge in [-0.1, -0.05) is 13.3 Å². The van der Waals surface area contributed by atoms with Gasteiger partial charge in [-0.15, -0.1) is 0 Å². The lowest BCUT2D eigenvalue weighted by Gasteiger charge is -2.26. The molecule has 1 fully saturated rings. The second-order valence-electron chi connectivity index (χ2n) is 4.43. The van der Waals surface area contributed by atoms with Crippen molar-refractivity contribution in [2.45, 2.75) is 51.5 Å². The topological polar surface area (TPSA) is 66.4 Å². The Morgan fingerprint density at radius 2 is 2.07 bits per heavy atom. The molecule has 0 aromatic rings. The molecule has 0 spiro atoms. The number of aliphatic carboxylic acids is 1. The van der Waals surface area contributed by atoms with Gasteiger partial charge in [0.05, 0.1) is 0 Å². The number of rotatable bonds is 6. The largest absolute Gasteiger partial charge is 0.480 e. The molecule has 1 amide bonds. The number of unbranched alkanes of at least 4 members (excludes halogenated alkanes) is 1. The zero-order chi connectivity index (χ0) is 11.5. The first-order valence-electron chi connectivity index (χ1n) is 5.55. The summed E-state index contributed by atoms with van der Waals surface area (Å²) in [6.45, 7) is 3.61. The summed E-state index contributed by atoms with van der Waals surface area (Å²) in [5, 5.41) is 11.8. The molecule has 86 valence electrons. The minimum Gasteiger partial charge on any atom is -0.480 e. The average molecular weight is 213 g/mol. The van der Waals surface area contributed by atoms with Gasteiger partial charge in [0.15, 0.2) is 0 Å². The molecule has 1 saturated carbocycles. The predicted octanol–water partition coefficient (Wildman–Crippen LogP) is 1.55. The maximum absolute atomic E-state index is 11.5. The van der Waals surface area contributed by atoms with Crippen LogP contribution >= 0.6 is 0 Å². The van der Waals surface area contributed by atoms with E-state index in [4.69, 9.17) is 5.11 Å². The van der Waals surface area contributed by atoms with Crippen molar-refractivity contribution in [1.82, 2.24) is 5.32 Å². The molecular weight excluding hydrogens is 194 g/mol. The van der Waals surface area contributed by atoms with Crippen molar-refractivity contribution < 1.29 is 14.7 Å². The highest BCUT2D eigenvalue weighted by atomic mass is 16.4. The summed E-state index contributed by atoms with van der Waals surface area (Å²) in [7, 11) is 0. The number of hydrogen-bond acceptors (Lipinski definition) is 2. The van der Waals surface area contributed by atoms with Crippen LogP contribution in [-0.4, -0.2) is 22.5 Å². The fraction of sp³-hybridized carbons (Fsp3) is 0.818. The van der Waals surface area contributed by atoms with Crippen LogP contribution in [0.15, 0.2) is 0 Å². The molecule has 1 atom stereocenters. The van der Waals surface area contributed by atoms with Crippen LogP contribution in [0.1, 0.15) is 46.0 Å². The lowest BCUT2D eigenvalue weighted by molar-refractivity contribution is -0.147. The Hall–Kier alpha value is -1.06. The van der Waals surface area contributed by atoms with E-state index in [1.165, 1.54) is 0 Å². The summed E-state index contributed by atoms with van der Waals surface area (Å²) in [5.41, 5.74) is -1.05. The van der Waals surface area contributed by atoms with E-state index in [9.17, 15) is 9.59 Å². The Morgan fingerprint density at radius 1 is 1.47 bits per heavy atom. The molecule has 1 aliphatic carbocycles. The molecule has 0 radical (unpaired) electrons. The molecule has 4 heteroatoms. The van der Waals surface area contributed by atoms with Gasteiger partial charge in [-0.05, 0) is 32.1 Å². The van der Waals surface area contributed by atoms with Gasteiger partial charge in [-0.25, -0.2) is 4.79 Å². The normalized spacial score (nSPS) is 19.3. The molecule has 0 aliphatic heterocycles. The number of nitrogens with one attached hydrogen (secondary N) is 1. The van der Waals surface area contributed by atoms with Crippen molar-refractivity contribution in [2.75, 3.05) is 0 Å². The van der Waals surface area contributed by atoms with Crippen molar-refractivity contribution in [2.24, 2.45) is 5.92 Å². The number of carboxylic acid groups (broad SMARTS) is 1. The van der Waals surface area contributed by atoms with E-state index in [-0.39, 0.29) is 11.8 Å². The van der Waals surface area contributed by atoms with Crippen LogP contribution in [-0.2, 0) is 9.59 Å². The second-order valence-corrected chi connectivity index (χ2v) is 4.43. The summed E-state index contributed by atoms with van der Waals surface area (Å²) >= 11 is 0. The highest BCUT2D eigenvalue weighted by Gasteiger charge is 2.48. The van der Waals surface area contributed by atoms with E-state index in [0.717, 1.165) is 25.7 Å². The van der Waals surface area contributed by atoms with E-state index in [2.05, 4.69) is 5.32 Å². The Labute approximate surface area is 90.0 Å². The third-order valence-corrected chi connectivity index (χ3v) is 2.99. The van der Waals surface area contributed by atoms with Crippen molar-refractivity contribution in [3.8, 4) is 0 Å². The predicted molar refractivity (Wildman–Crippen MR) is 56.4 cm³/mol. The standard InChI is InChI=1S/C11H19NO3/c1-3-4-5-9(13)12-11(2,10(14)15)8-6-7-8/h8H,3-7H2,1-2H3,(H,12,13)(H,14,15). The fourth-order valence-corrected chi connectivity index (χ4v) is 1.68. The van der Waals surface area contributed by atoms with Gasteiger partial charge in [0.1, 0.15) is 5.54 Å². The van der Waals surface area contributed by atoms with Gasteiger partial charge in [0.25, 0.3) is 0 Å². The van der Waals surface area contributed by atoms with E-state index in [0.29, 0.717) is 6.42 Å². The number of hydrogen-bond donors (Lipinski definition) is 2. The van der Waals surface area contributed by atoms with Crippen molar-refractivity contribution in [1.29, 1.82) is 0 Å². The van der Waals surface area contributed by atoms with Crippen LogP contribution in [0.2, 0.25) is 0 Å². The van der Waals surface area contributed by atoms with Crippen LogP contribution in [0.3, 0.4) is 0 Å². The third-order valence-electron chi connectivity index (χ3n) is 2.99. The number of carboxylic acids is 1. The van der Waals surface area contributed by atoms with Gasteiger partial charge < -0.3 is 10.4 Å². The summed E-state index contributed by atoms with van der Waals surface area (Å²) in [6, 6.07) is 0. The second kappa shape index (κ2) is 4.64. The number of carbonyl (C=O) groups excluding carboxylic acids is 1. The molecule has 0 aromatic heterocycles. The van der Waals surface area contributed by atoms with Crippen molar-refractivity contribution in [3.63, 3.8) is 0 Å². The Kier molecular flexibility index (Phi) is 3.72. The molecule has 15 heavy (non-hydrogen) atoms. The van der Waals surface area contributed by atoms with Crippen LogP contribution in [0.5, 0.6) is 0 Å². The summed E-state index contributed by atoms with van der Waals surface area (Å²) in [5.74, 6) is -0.955. The quantitative estimate of drug-likeness (QED) is 0.703. The highest BCUT2D eigenvalue weighted by Crippen LogP contribution is 2.39. The Balaban J connectivity index is 2.51. The number of carbonyl (C=O) groups is 2. The first-order valence-corrected chi connectivity index (χ1v) is 5.55. The molecule has 2 N–H and O–H groups in total. The summed E-state index contributed by atoms with van der Waals surface area (Å²) in [4.78, 5) is 22.6. The SMILES string of the molecule is CCCCC(=O)NC(C)(C(=O)O)C1CC1. The molecule has 0 saturated heterocycles. The Morgan fingerprint density at radius 3 is 2.47 bits per heavy atom. The Bertz CT molecular complexity index is 261. The van der Waals surface area contributed by atoms with E-state index in [1.54, 1.807) is 6.92 Å². The molecule has 4 nitrogen and oxygen atoms in total. The molecular formula is C11H19NO3. The molecule has 1 rings (SSSR count). The molecule has 1 aliphatic rings. The van der Waals surface area contributed by atoms with Crippen molar-refractivity contribution >= 4 is 11.9 Å². The average Bonchev–Trinajstić information content (AvgIpc) is 2.97. The summed E-state index contributed by atoms with van der Waals surface area (Å²) < 4.78 is 0. The first-order chi connectivity index (χ1) is 7.00. The monoisotopic (exact) mass is 213 g/mol. The third kappa shape index (κ3) is 2.94. The molecule has 0 bridgehead atoms.